The first kappa shape index (κ1) is 16.8. The smallest absolute Gasteiger partial charge is 0.406 e. The molecule has 114 valence electrons. The van der Waals surface area contributed by atoms with Gasteiger partial charge in [0, 0.05) is 13.2 Å². The average molecular weight is 291 g/mol. The number of alkyl halides is 3. The minimum absolute atomic E-state index is 0.125. The van der Waals surface area contributed by atoms with Crippen LogP contribution in [0, 0.1) is 0 Å². The van der Waals surface area contributed by atoms with Gasteiger partial charge in [-0.05, 0) is 44.5 Å². The Morgan fingerprint density at radius 1 is 1.20 bits per heavy atom. The van der Waals surface area contributed by atoms with Gasteiger partial charge in [-0.1, -0.05) is 12.1 Å². The zero-order valence-corrected chi connectivity index (χ0v) is 11.8. The molecule has 0 fully saturated rings. The van der Waals surface area contributed by atoms with Crippen LogP contribution in [0.2, 0.25) is 0 Å². The van der Waals surface area contributed by atoms with Gasteiger partial charge in [0.15, 0.2) is 0 Å². The molecule has 0 spiro atoms. The van der Waals surface area contributed by atoms with Crippen molar-refractivity contribution in [2.45, 2.75) is 38.3 Å². The summed E-state index contributed by atoms with van der Waals surface area (Å²) >= 11 is 0. The van der Waals surface area contributed by atoms with Crippen molar-refractivity contribution in [2.75, 3.05) is 14.2 Å². The van der Waals surface area contributed by atoms with E-state index >= 15 is 0 Å². The molecule has 0 aliphatic heterocycles. The number of rotatable bonds is 7. The number of halogens is 3. The third kappa shape index (κ3) is 6.25. The van der Waals surface area contributed by atoms with Crippen molar-refractivity contribution >= 4 is 0 Å². The summed E-state index contributed by atoms with van der Waals surface area (Å²) in [5.74, 6) is -0.201. The SMILES string of the molecule is CNC(Cc1ccc(OC(F)(F)F)cc1)CC(C)OC. The summed E-state index contributed by atoms with van der Waals surface area (Å²) in [6.45, 7) is 1.98. The van der Waals surface area contributed by atoms with E-state index in [2.05, 4.69) is 10.1 Å². The molecule has 0 radical (unpaired) electrons. The van der Waals surface area contributed by atoms with Crippen molar-refractivity contribution in [1.82, 2.24) is 5.32 Å². The molecule has 0 saturated heterocycles. The maximum absolute atomic E-state index is 12.0. The van der Waals surface area contributed by atoms with Crippen LogP contribution >= 0.6 is 0 Å². The Bertz CT molecular complexity index is 392. The van der Waals surface area contributed by atoms with Gasteiger partial charge in [-0.2, -0.15) is 0 Å². The predicted molar refractivity (Wildman–Crippen MR) is 70.8 cm³/mol. The number of benzene rings is 1. The van der Waals surface area contributed by atoms with Crippen LogP contribution in [0.4, 0.5) is 13.2 Å². The first-order valence-electron chi connectivity index (χ1n) is 6.38. The number of methoxy groups -OCH3 is 1. The quantitative estimate of drug-likeness (QED) is 0.837. The molecule has 0 aliphatic rings. The largest absolute Gasteiger partial charge is 0.573 e. The van der Waals surface area contributed by atoms with E-state index in [9.17, 15) is 13.2 Å². The molecule has 1 aromatic carbocycles. The van der Waals surface area contributed by atoms with E-state index in [0.29, 0.717) is 0 Å². The average Bonchev–Trinajstić information content (AvgIpc) is 2.38. The first-order chi connectivity index (χ1) is 9.34. The Hall–Kier alpha value is -1.27. The van der Waals surface area contributed by atoms with Crippen LogP contribution in [0.25, 0.3) is 0 Å². The third-order valence-corrected chi connectivity index (χ3v) is 3.07. The second kappa shape index (κ2) is 7.50. The summed E-state index contributed by atoms with van der Waals surface area (Å²) in [7, 11) is 3.51. The number of likely N-dealkylation sites (N-methyl/N-ethyl adjacent to an activating group) is 1. The second-order valence-electron chi connectivity index (χ2n) is 4.66. The molecule has 0 heterocycles. The van der Waals surface area contributed by atoms with Crippen molar-refractivity contribution in [2.24, 2.45) is 0 Å². The number of nitrogens with one attached hydrogen (secondary N) is 1. The van der Waals surface area contributed by atoms with Crippen molar-refractivity contribution in [3.63, 3.8) is 0 Å². The van der Waals surface area contributed by atoms with Gasteiger partial charge in [0.05, 0.1) is 6.10 Å². The molecule has 1 aromatic rings. The highest BCUT2D eigenvalue weighted by Crippen LogP contribution is 2.23. The summed E-state index contributed by atoms with van der Waals surface area (Å²) in [5, 5.41) is 3.18. The molecule has 20 heavy (non-hydrogen) atoms. The minimum Gasteiger partial charge on any atom is -0.406 e. The van der Waals surface area contributed by atoms with E-state index in [1.54, 1.807) is 19.2 Å². The molecule has 0 saturated carbocycles. The lowest BCUT2D eigenvalue weighted by molar-refractivity contribution is -0.274. The summed E-state index contributed by atoms with van der Waals surface area (Å²) in [6, 6.07) is 6.15. The fourth-order valence-corrected chi connectivity index (χ4v) is 1.91. The topological polar surface area (TPSA) is 30.5 Å². The highest BCUT2D eigenvalue weighted by atomic mass is 19.4. The molecule has 6 heteroatoms. The van der Waals surface area contributed by atoms with Gasteiger partial charge in [-0.3, -0.25) is 0 Å². The van der Waals surface area contributed by atoms with Crippen LogP contribution in [0.15, 0.2) is 24.3 Å². The molecular formula is C14H20F3NO2. The lowest BCUT2D eigenvalue weighted by atomic mass is 10.0. The van der Waals surface area contributed by atoms with Crippen LogP contribution in [0.3, 0.4) is 0 Å². The normalized spacial score (nSPS) is 14.9. The molecule has 0 bridgehead atoms. The summed E-state index contributed by atoms with van der Waals surface area (Å²) in [5.41, 5.74) is 0.946. The Kier molecular flexibility index (Phi) is 6.29. The zero-order valence-electron chi connectivity index (χ0n) is 11.8. The molecule has 0 aromatic heterocycles. The van der Waals surface area contributed by atoms with E-state index in [0.717, 1.165) is 18.4 Å². The van der Waals surface area contributed by atoms with Gasteiger partial charge in [-0.15, -0.1) is 13.2 Å². The first-order valence-corrected chi connectivity index (χ1v) is 6.38. The van der Waals surface area contributed by atoms with Gasteiger partial charge in [-0.25, -0.2) is 0 Å². The van der Waals surface area contributed by atoms with Gasteiger partial charge >= 0.3 is 6.36 Å². The Balaban J connectivity index is 2.59. The molecule has 0 amide bonds. The van der Waals surface area contributed by atoms with Crippen LogP contribution in [-0.2, 0) is 11.2 Å². The lowest BCUT2D eigenvalue weighted by Gasteiger charge is -2.20. The standard InChI is InChI=1S/C14H20F3NO2/c1-10(19-3)8-12(18-2)9-11-4-6-13(7-5-11)20-14(15,16)17/h4-7,10,12,18H,8-9H2,1-3H3. The van der Waals surface area contributed by atoms with E-state index in [4.69, 9.17) is 4.74 Å². The lowest BCUT2D eigenvalue weighted by Crippen LogP contribution is -2.31. The summed E-state index contributed by atoms with van der Waals surface area (Å²) < 4.78 is 45.2. The van der Waals surface area contributed by atoms with E-state index in [1.807, 2.05) is 14.0 Å². The number of hydrogen-bond acceptors (Lipinski definition) is 3. The van der Waals surface area contributed by atoms with Crippen LogP contribution in [0.5, 0.6) is 5.75 Å². The monoisotopic (exact) mass is 291 g/mol. The highest BCUT2D eigenvalue weighted by molar-refractivity contribution is 5.28. The third-order valence-electron chi connectivity index (χ3n) is 3.07. The van der Waals surface area contributed by atoms with Crippen LogP contribution in [0.1, 0.15) is 18.9 Å². The van der Waals surface area contributed by atoms with Crippen molar-refractivity contribution in [3.8, 4) is 5.75 Å². The van der Waals surface area contributed by atoms with Gasteiger partial charge < -0.3 is 14.8 Å². The summed E-state index contributed by atoms with van der Waals surface area (Å²) in [4.78, 5) is 0. The van der Waals surface area contributed by atoms with E-state index in [-0.39, 0.29) is 17.9 Å². The molecule has 3 nitrogen and oxygen atoms in total. The van der Waals surface area contributed by atoms with E-state index in [1.165, 1.54) is 12.1 Å². The Labute approximate surface area is 117 Å². The van der Waals surface area contributed by atoms with Crippen molar-refractivity contribution < 1.29 is 22.6 Å². The predicted octanol–water partition coefficient (Wildman–Crippen LogP) is 3.14. The summed E-state index contributed by atoms with van der Waals surface area (Å²) in [6.07, 6.45) is -2.98. The molecule has 1 N–H and O–H groups in total. The second-order valence-corrected chi connectivity index (χ2v) is 4.66. The fraction of sp³-hybridized carbons (Fsp3) is 0.571. The van der Waals surface area contributed by atoms with Gasteiger partial charge in [0.25, 0.3) is 0 Å². The number of ether oxygens (including phenoxy) is 2. The van der Waals surface area contributed by atoms with Gasteiger partial charge in [0.2, 0.25) is 0 Å². The van der Waals surface area contributed by atoms with Crippen LogP contribution in [-0.4, -0.2) is 32.7 Å². The molecule has 0 aliphatic carbocycles. The molecule has 1 rings (SSSR count). The van der Waals surface area contributed by atoms with Crippen LogP contribution < -0.4 is 10.1 Å². The van der Waals surface area contributed by atoms with Crippen molar-refractivity contribution in [1.29, 1.82) is 0 Å². The maximum atomic E-state index is 12.0. The Morgan fingerprint density at radius 2 is 1.80 bits per heavy atom. The fourth-order valence-electron chi connectivity index (χ4n) is 1.91. The molecule has 2 unspecified atom stereocenters. The van der Waals surface area contributed by atoms with E-state index < -0.39 is 6.36 Å². The Morgan fingerprint density at radius 3 is 2.25 bits per heavy atom. The molecular weight excluding hydrogens is 271 g/mol. The van der Waals surface area contributed by atoms with Crippen molar-refractivity contribution in [3.05, 3.63) is 29.8 Å². The minimum atomic E-state index is -4.65. The van der Waals surface area contributed by atoms with Gasteiger partial charge in [0.1, 0.15) is 5.75 Å². The number of hydrogen-bond donors (Lipinski definition) is 1. The highest BCUT2D eigenvalue weighted by Gasteiger charge is 2.30. The zero-order chi connectivity index (χ0) is 15.2. The maximum Gasteiger partial charge on any atom is 0.573 e. The molecule has 2 atom stereocenters.